The van der Waals surface area contributed by atoms with Crippen molar-refractivity contribution in [2.45, 2.75) is 31.8 Å². The van der Waals surface area contributed by atoms with Crippen LogP contribution in [0.1, 0.15) is 25.7 Å². The summed E-state index contributed by atoms with van der Waals surface area (Å²) in [6, 6.07) is 0. The Labute approximate surface area is 106 Å². The summed E-state index contributed by atoms with van der Waals surface area (Å²) in [4.78, 5) is 23.0. The summed E-state index contributed by atoms with van der Waals surface area (Å²) in [7, 11) is 1.46. The van der Waals surface area contributed by atoms with Gasteiger partial charge in [0.1, 0.15) is 0 Å². The number of methoxy groups -OCH3 is 1. The van der Waals surface area contributed by atoms with E-state index in [-0.39, 0.29) is 19.1 Å². The number of carbonyl (C=O) groups is 2. The van der Waals surface area contributed by atoms with Gasteiger partial charge < -0.3 is 20.3 Å². The van der Waals surface area contributed by atoms with Gasteiger partial charge in [-0.1, -0.05) is 12.8 Å². The lowest BCUT2D eigenvalue weighted by Gasteiger charge is -2.27. The molecule has 3 N–H and O–H groups in total. The van der Waals surface area contributed by atoms with Crippen molar-refractivity contribution in [3.8, 4) is 0 Å². The molecule has 6 nitrogen and oxygen atoms in total. The first-order valence-corrected chi connectivity index (χ1v) is 6.23. The molecule has 1 aliphatic carbocycles. The fourth-order valence-corrected chi connectivity index (χ4v) is 2.34. The standard InChI is InChI=1S/C12H21NO5/c1-18-7-8(14)6-13-11(15)9-4-2-3-5-10(9)12(16)17/h8-10,14H,2-7H2,1H3,(H,13,15)(H,16,17)/t8?,9-,10+/m1/s1. The van der Waals surface area contributed by atoms with Crippen LogP contribution in [0.25, 0.3) is 0 Å². The van der Waals surface area contributed by atoms with E-state index in [4.69, 9.17) is 9.84 Å². The molecular weight excluding hydrogens is 238 g/mol. The molecule has 0 aromatic carbocycles. The van der Waals surface area contributed by atoms with Gasteiger partial charge in [0, 0.05) is 13.7 Å². The predicted molar refractivity (Wildman–Crippen MR) is 64.0 cm³/mol. The first-order valence-electron chi connectivity index (χ1n) is 6.23. The number of aliphatic carboxylic acids is 1. The van der Waals surface area contributed by atoms with Gasteiger partial charge in [0.05, 0.1) is 24.5 Å². The number of aliphatic hydroxyl groups excluding tert-OH is 1. The van der Waals surface area contributed by atoms with E-state index in [0.717, 1.165) is 12.8 Å². The average Bonchev–Trinajstić information content (AvgIpc) is 2.36. The summed E-state index contributed by atoms with van der Waals surface area (Å²) in [5.41, 5.74) is 0. The molecule has 18 heavy (non-hydrogen) atoms. The maximum atomic E-state index is 11.9. The van der Waals surface area contributed by atoms with Crippen molar-refractivity contribution in [2.75, 3.05) is 20.3 Å². The minimum absolute atomic E-state index is 0.0928. The van der Waals surface area contributed by atoms with Crippen LogP contribution in [0.15, 0.2) is 0 Å². The quantitative estimate of drug-likeness (QED) is 0.624. The van der Waals surface area contributed by atoms with Crippen LogP contribution in [0.4, 0.5) is 0 Å². The molecule has 0 radical (unpaired) electrons. The number of amides is 1. The van der Waals surface area contributed by atoms with Crippen LogP contribution < -0.4 is 5.32 Å². The van der Waals surface area contributed by atoms with Crippen molar-refractivity contribution in [2.24, 2.45) is 11.8 Å². The Morgan fingerprint density at radius 3 is 2.50 bits per heavy atom. The molecule has 0 aromatic heterocycles. The molecule has 104 valence electrons. The number of nitrogens with one attached hydrogen (secondary N) is 1. The number of hydrogen-bond acceptors (Lipinski definition) is 4. The van der Waals surface area contributed by atoms with Crippen LogP contribution in [-0.2, 0) is 14.3 Å². The topological polar surface area (TPSA) is 95.9 Å². The van der Waals surface area contributed by atoms with Gasteiger partial charge in [-0.25, -0.2) is 0 Å². The molecule has 0 heterocycles. The normalized spacial score (nSPS) is 25.4. The van der Waals surface area contributed by atoms with Crippen molar-refractivity contribution in [1.29, 1.82) is 0 Å². The first-order chi connectivity index (χ1) is 8.56. The van der Waals surface area contributed by atoms with E-state index in [9.17, 15) is 14.7 Å². The summed E-state index contributed by atoms with van der Waals surface area (Å²) >= 11 is 0. The van der Waals surface area contributed by atoms with Gasteiger partial charge in [-0.3, -0.25) is 9.59 Å². The minimum Gasteiger partial charge on any atom is -0.481 e. The molecule has 1 fully saturated rings. The molecule has 1 saturated carbocycles. The second kappa shape index (κ2) is 7.33. The average molecular weight is 259 g/mol. The Kier molecular flexibility index (Phi) is 6.07. The number of hydrogen-bond donors (Lipinski definition) is 3. The molecule has 0 aliphatic heterocycles. The van der Waals surface area contributed by atoms with E-state index in [0.29, 0.717) is 12.8 Å². The molecule has 1 amide bonds. The molecule has 0 saturated heterocycles. The zero-order valence-electron chi connectivity index (χ0n) is 10.6. The highest BCUT2D eigenvalue weighted by molar-refractivity contribution is 5.84. The van der Waals surface area contributed by atoms with Gasteiger partial charge >= 0.3 is 5.97 Å². The minimum atomic E-state index is -0.910. The molecule has 1 aliphatic rings. The number of rotatable bonds is 6. The van der Waals surface area contributed by atoms with E-state index in [1.807, 2.05) is 0 Å². The predicted octanol–water partition coefficient (Wildman–Crippen LogP) is 0.000900. The number of carbonyl (C=O) groups excluding carboxylic acids is 1. The molecule has 1 unspecified atom stereocenters. The SMILES string of the molecule is COCC(O)CNC(=O)[C@@H]1CCCC[C@@H]1C(=O)O. The zero-order chi connectivity index (χ0) is 13.5. The van der Waals surface area contributed by atoms with Crippen molar-refractivity contribution in [1.82, 2.24) is 5.32 Å². The Bertz CT molecular complexity index is 294. The largest absolute Gasteiger partial charge is 0.481 e. The lowest BCUT2D eigenvalue weighted by atomic mass is 9.78. The summed E-state index contributed by atoms with van der Waals surface area (Å²) in [6.45, 7) is 0.239. The molecule has 1 rings (SSSR count). The van der Waals surface area contributed by atoms with E-state index in [1.165, 1.54) is 7.11 Å². The van der Waals surface area contributed by atoms with E-state index < -0.39 is 23.9 Å². The summed E-state index contributed by atoms with van der Waals surface area (Å²) in [5, 5.41) is 21.1. The second-order valence-corrected chi connectivity index (χ2v) is 4.69. The molecule has 3 atom stereocenters. The van der Waals surface area contributed by atoms with Crippen LogP contribution in [0, 0.1) is 11.8 Å². The highest BCUT2D eigenvalue weighted by atomic mass is 16.5. The van der Waals surface area contributed by atoms with Crippen molar-refractivity contribution in [3.05, 3.63) is 0 Å². The van der Waals surface area contributed by atoms with Crippen LogP contribution in [0.5, 0.6) is 0 Å². The van der Waals surface area contributed by atoms with Crippen molar-refractivity contribution < 1.29 is 24.5 Å². The zero-order valence-corrected chi connectivity index (χ0v) is 10.6. The van der Waals surface area contributed by atoms with Gasteiger partial charge in [0.25, 0.3) is 0 Å². The molecule has 0 bridgehead atoms. The third-order valence-electron chi connectivity index (χ3n) is 3.29. The van der Waals surface area contributed by atoms with Crippen molar-refractivity contribution in [3.63, 3.8) is 0 Å². The maximum Gasteiger partial charge on any atom is 0.307 e. The number of aliphatic hydroxyl groups is 1. The maximum absolute atomic E-state index is 11.9. The molecule has 0 spiro atoms. The molecule has 0 aromatic rings. The molecule has 6 heteroatoms. The Balaban J connectivity index is 2.45. The van der Waals surface area contributed by atoms with Gasteiger partial charge in [0.2, 0.25) is 5.91 Å². The lowest BCUT2D eigenvalue weighted by molar-refractivity contribution is -0.149. The van der Waals surface area contributed by atoms with E-state index >= 15 is 0 Å². The number of ether oxygens (including phenoxy) is 1. The van der Waals surface area contributed by atoms with E-state index in [2.05, 4.69) is 5.32 Å². The molecular formula is C12H21NO5. The Morgan fingerprint density at radius 2 is 1.94 bits per heavy atom. The van der Waals surface area contributed by atoms with Gasteiger partial charge in [-0.05, 0) is 12.8 Å². The van der Waals surface area contributed by atoms with Gasteiger partial charge in [0.15, 0.2) is 0 Å². The fourth-order valence-electron chi connectivity index (χ4n) is 2.34. The third kappa shape index (κ3) is 4.27. The second-order valence-electron chi connectivity index (χ2n) is 4.69. The number of carboxylic acid groups (broad SMARTS) is 1. The highest BCUT2D eigenvalue weighted by Crippen LogP contribution is 2.30. The van der Waals surface area contributed by atoms with Crippen LogP contribution >= 0.6 is 0 Å². The highest BCUT2D eigenvalue weighted by Gasteiger charge is 2.35. The first kappa shape index (κ1) is 14.9. The summed E-state index contributed by atoms with van der Waals surface area (Å²) in [6.07, 6.45) is 2.12. The van der Waals surface area contributed by atoms with Crippen LogP contribution in [0.3, 0.4) is 0 Å². The third-order valence-corrected chi connectivity index (χ3v) is 3.29. The Hall–Kier alpha value is -1.14. The fraction of sp³-hybridized carbons (Fsp3) is 0.833. The monoisotopic (exact) mass is 259 g/mol. The van der Waals surface area contributed by atoms with Crippen LogP contribution in [0.2, 0.25) is 0 Å². The van der Waals surface area contributed by atoms with Gasteiger partial charge in [-0.2, -0.15) is 0 Å². The van der Waals surface area contributed by atoms with Crippen LogP contribution in [-0.4, -0.2) is 48.5 Å². The van der Waals surface area contributed by atoms with Crippen molar-refractivity contribution >= 4 is 11.9 Å². The van der Waals surface area contributed by atoms with Gasteiger partial charge in [-0.15, -0.1) is 0 Å². The number of carboxylic acids is 1. The lowest BCUT2D eigenvalue weighted by Crippen LogP contribution is -2.43. The smallest absolute Gasteiger partial charge is 0.307 e. The Morgan fingerprint density at radius 1 is 1.33 bits per heavy atom. The summed E-state index contributed by atoms with van der Waals surface area (Å²) in [5.74, 6) is -2.27. The van der Waals surface area contributed by atoms with E-state index in [1.54, 1.807) is 0 Å². The summed E-state index contributed by atoms with van der Waals surface area (Å²) < 4.78 is 4.75.